The maximum absolute atomic E-state index is 13.0. The summed E-state index contributed by atoms with van der Waals surface area (Å²) in [6.45, 7) is 0.395. The second-order valence-corrected chi connectivity index (χ2v) is 5.96. The number of hydrogen-bond donors (Lipinski definition) is 3. The van der Waals surface area contributed by atoms with E-state index in [-0.39, 0.29) is 36.5 Å². The maximum Gasteiger partial charge on any atom is 0.315 e. The molecule has 0 aliphatic heterocycles. The Morgan fingerprint density at radius 3 is 2.70 bits per heavy atom. The molecule has 0 bridgehead atoms. The van der Waals surface area contributed by atoms with Crippen molar-refractivity contribution in [1.29, 1.82) is 0 Å². The molecule has 1 saturated carbocycles. The van der Waals surface area contributed by atoms with Crippen molar-refractivity contribution in [3.63, 3.8) is 0 Å². The number of ether oxygens (including phenoxy) is 1. The molecule has 1 aliphatic rings. The Kier molecular flexibility index (Phi) is 6.80. The molecule has 3 N–H and O–H groups in total. The largest absolute Gasteiger partial charge is 0.396 e. The summed E-state index contributed by atoms with van der Waals surface area (Å²) < 4.78 is 18.3. The van der Waals surface area contributed by atoms with Gasteiger partial charge in [0.2, 0.25) is 0 Å². The fourth-order valence-corrected chi connectivity index (χ4v) is 3.04. The number of nitrogens with one attached hydrogen (secondary N) is 2. The summed E-state index contributed by atoms with van der Waals surface area (Å²) in [4.78, 5) is 12.1. The first kappa shape index (κ1) is 17.7. The van der Waals surface area contributed by atoms with Crippen LogP contribution >= 0.6 is 0 Å². The molecular formula is C17H25FN2O3. The van der Waals surface area contributed by atoms with E-state index in [0.717, 1.165) is 31.2 Å². The van der Waals surface area contributed by atoms with Crippen molar-refractivity contribution in [3.8, 4) is 0 Å². The Morgan fingerprint density at radius 1 is 1.35 bits per heavy atom. The van der Waals surface area contributed by atoms with E-state index in [4.69, 9.17) is 4.74 Å². The van der Waals surface area contributed by atoms with Gasteiger partial charge >= 0.3 is 6.03 Å². The molecule has 128 valence electrons. The third-order valence-corrected chi connectivity index (χ3v) is 4.43. The van der Waals surface area contributed by atoms with Crippen LogP contribution in [0.2, 0.25) is 0 Å². The van der Waals surface area contributed by atoms with E-state index in [1.165, 1.54) is 12.1 Å². The van der Waals surface area contributed by atoms with Gasteiger partial charge in [-0.3, -0.25) is 0 Å². The topological polar surface area (TPSA) is 70.6 Å². The van der Waals surface area contributed by atoms with Crippen LogP contribution in [0.1, 0.15) is 37.4 Å². The minimum atomic E-state index is -0.332. The molecule has 1 aliphatic carbocycles. The Hall–Kier alpha value is -1.66. The molecule has 0 aromatic heterocycles. The van der Waals surface area contributed by atoms with Crippen molar-refractivity contribution in [3.05, 3.63) is 35.6 Å². The molecule has 1 aromatic carbocycles. The molecule has 0 spiro atoms. The first-order valence-corrected chi connectivity index (χ1v) is 8.07. The van der Waals surface area contributed by atoms with Gasteiger partial charge in [-0.25, -0.2) is 9.18 Å². The van der Waals surface area contributed by atoms with Crippen LogP contribution in [0, 0.1) is 11.7 Å². The molecular weight excluding hydrogens is 299 g/mol. The molecule has 0 heterocycles. The molecule has 0 saturated heterocycles. The highest BCUT2D eigenvalue weighted by Crippen LogP contribution is 2.24. The number of amides is 2. The monoisotopic (exact) mass is 324 g/mol. The fraction of sp³-hybridized carbons (Fsp3) is 0.588. The van der Waals surface area contributed by atoms with Crippen molar-refractivity contribution < 1.29 is 19.0 Å². The average molecular weight is 324 g/mol. The van der Waals surface area contributed by atoms with E-state index in [1.54, 1.807) is 19.2 Å². The van der Waals surface area contributed by atoms with E-state index in [9.17, 15) is 14.3 Å². The number of benzene rings is 1. The molecule has 23 heavy (non-hydrogen) atoms. The quantitative estimate of drug-likeness (QED) is 0.752. The van der Waals surface area contributed by atoms with E-state index < -0.39 is 0 Å². The van der Waals surface area contributed by atoms with Crippen molar-refractivity contribution in [2.45, 2.75) is 37.8 Å². The van der Waals surface area contributed by atoms with Crippen LogP contribution in [0.3, 0.4) is 0 Å². The third kappa shape index (κ3) is 5.18. The highest BCUT2D eigenvalue weighted by molar-refractivity contribution is 5.74. The number of rotatable bonds is 6. The molecule has 3 atom stereocenters. The Balaban J connectivity index is 1.83. The zero-order valence-electron chi connectivity index (χ0n) is 13.4. The Morgan fingerprint density at radius 2 is 2.04 bits per heavy atom. The summed E-state index contributed by atoms with van der Waals surface area (Å²) in [7, 11) is 1.55. The second kappa shape index (κ2) is 8.84. The third-order valence-electron chi connectivity index (χ3n) is 4.43. The zero-order valence-corrected chi connectivity index (χ0v) is 13.4. The van der Waals surface area contributed by atoms with Crippen LogP contribution in [0.5, 0.6) is 0 Å². The smallest absolute Gasteiger partial charge is 0.315 e. The number of hydrogen-bond acceptors (Lipinski definition) is 3. The number of aliphatic hydroxyl groups excluding tert-OH is 1. The van der Waals surface area contributed by atoms with Crippen LogP contribution in [0.4, 0.5) is 9.18 Å². The van der Waals surface area contributed by atoms with Crippen molar-refractivity contribution in [1.82, 2.24) is 10.6 Å². The normalized spacial score (nSPS) is 22.4. The molecule has 2 rings (SSSR count). The highest BCUT2D eigenvalue weighted by atomic mass is 19.1. The van der Waals surface area contributed by atoms with E-state index >= 15 is 0 Å². The molecule has 1 fully saturated rings. The summed E-state index contributed by atoms with van der Waals surface area (Å²) in [6.07, 6.45) is 3.67. The molecule has 0 unspecified atom stereocenters. The van der Waals surface area contributed by atoms with Crippen molar-refractivity contribution in [2.75, 3.05) is 20.3 Å². The van der Waals surface area contributed by atoms with Gasteiger partial charge in [-0.15, -0.1) is 0 Å². The lowest BCUT2D eigenvalue weighted by atomic mass is 9.85. The molecule has 2 amide bonds. The van der Waals surface area contributed by atoms with Gasteiger partial charge in [-0.05, 0) is 30.5 Å². The van der Waals surface area contributed by atoms with E-state index in [0.29, 0.717) is 6.54 Å². The Bertz CT molecular complexity index is 495. The first-order valence-electron chi connectivity index (χ1n) is 8.07. The lowest BCUT2D eigenvalue weighted by molar-refractivity contribution is 0.103. The molecule has 0 radical (unpaired) electrons. The SMILES string of the molecule is CO[C@H](CNC(=O)N[C@H]1CCCC[C@@H]1CO)c1ccc(F)cc1. The number of methoxy groups -OCH3 is 1. The second-order valence-electron chi connectivity index (χ2n) is 5.96. The lowest BCUT2D eigenvalue weighted by Crippen LogP contribution is -2.48. The number of carbonyl (C=O) groups is 1. The van der Waals surface area contributed by atoms with Gasteiger partial charge < -0.3 is 20.5 Å². The van der Waals surface area contributed by atoms with Crippen LogP contribution in [-0.4, -0.2) is 37.4 Å². The summed E-state index contributed by atoms with van der Waals surface area (Å²) in [5, 5.41) is 15.1. The van der Waals surface area contributed by atoms with Gasteiger partial charge in [-0.2, -0.15) is 0 Å². The molecule has 5 nitrogen and oxygen atoms in total. The zero-order chi connectivity index (χ0) is 16.7. The van der Waals surface area contributed by atoms with Gasteiger partial charge in [0.15, 0.2) is 0 Å². The number of carbonyl (C=O) groups excluding carboxylic acids is 1. The predicted molar refractivity (Wildman–Crippen MR) is 85.5 cm³/mol. The van der Waals surface area contributed by atoms with Gasteiger partial charge in [0.1, 0.15) is 5.82 Å². The van der Waals surface area contributed by atoms with E-state index in [1.807, 2.05) is 0 Å². The Labute approximate surface area is 136 Å². The van der Waals surface area contributed by atoms with Gasteiger partial charge in [0, 0.05) is 32.2 Å². The highest BCUT2D eigenvalue weighted by Gasteiger charge is 2.26. The van der Waals surface area contributed by atoms with Crippen LogP contribution in [0.25, 0.3) is 0 Å². The summed E-state index contributed by atoms with van der Waals surface area (Å²) in [5.74, 6) is -0.175. The van der Waals surface area contributed by atoms with E-state index in [2.05, 4.69) is 10.6 Å². The summed E-state index contributed by atoms with van der Waals surface area (Å²) in [6, 6.07) is 5.78. The van der Waals surface area contributed by atoms with Crippen LogP contribution in [-0.2, 0) is 4.74 Å². The standard InChI is InChI=1S/C17H25FN2O3/c1-23-16(12-6-8-14(18)9-7-12)10-19-17(22)20-15-5-3-2-4-13(15)11-21/h6-9,13,15-16,21H,2-5,10-11H2,1H3,(H2,19,20,22)/t13-,15+,16-/m1/s1. The minimum Gasteiger partial charge on any atom is -0.396 e. The predicted octanol–water partition coefficient (Wildman–Crippen LogP) is 2.36. The first-order chi connectivity index (χ1) is 11.1. The van der Waals surface area contributed by atoms with Crippen molar-refractivity contribution in [2.24, 2.45) is 5.92 Å². The minimum absolute atomic E-state index is 0.0144. The maximum atomic E-state index is 13.0. The molecule has 1 aromatic rings. The van der Waals surface area contributed by atoms with Gasteiger partial charge in [0.05, 0.1) is 6.10 Å². The fourth-order valence-electron chi connectivity index (χ4n) is 3.04. The lowest BCUT2D eigenvalue weighted by Gasteiger charge is -2.31. The molecule has 6 heteroatoms. The van der Waals surface area contributed by atoms with Gasteiger partial charge in [-0.1, -0.05) is 25.0 Å². The average Bonchev–Trinajstić information content (AvgIpc) is 2.57. The van der Waals surface area contributed by atoms with Crippen molar-refractivity contribution >= 4 is 6.03 Å². The van der Waals surface area contributed by atoms with Crippen LogP contribution in [0.15, 0.2) is 24.3 Å². The summed E-state index contributed by atoms with van der Waals surface area (Å²) >= 11 is 0. The van der Waals surface area contributed by atoms with Gasteiger partial charge in [0.25, 0.3) is 0 Å². The number of urea groups is 1. The number of halogens is 1. The van der Waals surface area contributed by atoms with Crippen LogP contribution < -0.4 is 10.6 Å². The summed E-state index contributed by atoms with van der Waals surface area (Å²) in [5.41, 5.74) is 0.806. The number of aliphatic hydroxyl groups is 1.